The number of likely N-dealkylation sites (N-methyl/N-ethyl adjacent to an activating group) is 1. The molecular weight excluding hydrogens is 218 g/mol. The van der Waals surface area contributed by atoms with E-state index in [1.807, 2.05) is 0 Å². The smallest absolute Gasteiger partial charge is 0.334 e. The largest absolute Gasteiger partial charge is 0.478 e. The molecule has 16 heavy (non-hydrogen) atoms. The average Bonchev–Trinajstić information content (AvgIpc) is 2.23. The molecule has 90 valence electrons. The van der Waals surface area contributed by atoms with Gasteiger partial charge < -0.3 is 9.84 Å². The first-order valence-electron chi connectivity index (χ1n) is 4.27. The molecular formula is C9H13NO6. The number of aliphatic carboxylic acids is 1. The summed E-state index contributed by atoms with van der Waals surface area (Å²) in [5, 5.41) is 9.25. The molecule has 0 saturated carbocycles. The van der Waals surface area contributed by atoms with E-state index >= 15 is 0 Å². The van der Waals surface area contributed by atoms with Crippen LogP contribution in [0.2, 0.25) is 0 Å². The van der Waals surface area contributed by atoms with E-state index in [9.17, 15) is 14.4 Å². The summed E-state index contributed by atoms with van der Waals surface area (Å²) in [5.41, 5.74) is -0.0969. The van der Waals surface area contributed by atoms with E-state index in [1.54, 1.807) is 0 Å². The molecule has 0 atom stereocenters. The maximum absolute atomic E-state index is 11.1. The van der Waals surface area contributed by atoms with Gasteiger partial charge in [-0.05, 0) is 6.92 Å². The molecule has 0 aliphatic carbocycles. The summed E-state index contributed by atoms with van der Waals surface area (Å²) in [5.74, 6) is -2.67. The Morgan fingerprint density at radius 3 is 2.38 bits per heavy atom. The molecule has 7 nitrogen and oxygen atoms in total. The minimum absolute atomic E-state index is 0.0969. The lowest BCUT2D eigenvalue weighted by molar-refractivity contribution is -0.175. The number of esters is 1. The number of rotatable bonds is 5. The van der Waals surface area contributed by atoms with Crippen LogP contribution in [0.15, 0.2) is 11.6 Å². The van der Waals surface area contributed by atoms with Gasteiger partial charge in [-0.25, -0.2) is 14.7 Å². The molecule has 0 heterocycles. The SMILES string of the molecule is CON(C)C(=O)COC(=O)C(C)=CC(=O)O. The zero-order valence-electron chi connectivity index (χ0n) is 9.22. The fourth-order valence-electron chi connectivity index (χ4n) is 0.678. The van der Waals surface area contributed by atoms with Gasteiger partial charge in [0.05, 0.1) is 7.11 Å². The van der Waals surface area contributed by atoms with Crippen LogP contribution < -0.4 is 0 Å². The second-order valence-electron chi connectivity index (χ2n) is 2.82. The van der Waals surface area contributed by atoms with Crippen LogP contribution in [-0.2, 0) is 24.0 Å². The summed E-state index contributed by atoms with van der Waals surface area (Å²) in [4.78, 5) is 37.0. The molecule has 0 bridgehead atoms. The summed E-state index contributed by atoms with van der Waals surface area (Å²) in [7, 11) is 2.64. The lowest BCUT2D eigenvalue weighted by Crippen LogP contribution is -2.30. The maximum atomic E-state index is 11.1. The fourth-order valence-corrected chi connectivity index (χ4v) is 0.678. The van der Waals surface area contributed by atoms with Crippen LogP contribution >= 0.6 is 0 Å². The van der Waals surface area contributed by atoms with E-state index in [4.69, 9.17) is 5.11 Å². The highest BCUT2D eigenvalue weighted by atomic mass is 16.7. The van der Waals surface area contributed by atoms with Gasteiger partial charge in [0.25, 0.3) is 5.91 Å². The van der Waals surface area contributed by atoms with E-state index in [1.165, 1.54) is 21.1 Å². The number of hydroxylamine groups is 2. The number of ether oxygens (including phenoxy) is 1. The average molecular weight is 231 g/mol. The van der Waals surface area contributed by atoms with Crippen molar-refractivity contribution in [3.05, 3.63) is 11.6 Å². The molecule has 0 saturated heterocycles. The highest BCUT2D eigenvalue weighted by Gasteiger charge is 2.13. The number of carbonyl (C=O) groups excluding carboxylic acids is 2. The second kappa shape index (κ2) is 6.57. The summed E-state index contributed by atoms with van der Waals surface area (Å²) in [6.07, 6.45) is 0.701. The summed E-state index contributed by atoms with van der Waals surface area (Å²) in [6, 6.07) is 0. The number of nitrogens with zero attached hydrogens (tertiary/aromatic N) is 1. The predicted molar refractivity (Wildman–Crippen MR) is 52.1 cm³/mol. The Hall–Kier alpha value is -1.89. The standard InChI is InChI=1S/C9H13NO6/c1-6(4-8(12)13)9(14)16-5-7(11)10(2)15-3/h4H,5H2,1-3H3,(H,12,13). The third kappa shape index (κ3) is 5.11. The number of hydrogen-bond donors (Lipinski definition) is 1. The number of amides is 1. The van der Waals surface area contributed by atoms with E-state index in [0.29, 0.717) is 6.08 Å². The minimum atomic E-state index is -1.25. The Morgan fingerprint density at radius 1 is 1.38 bits per heavy atom. The molecule has 0 aliphatic heterocycles. The molecule has 7 heteroatoms. The molecule has 0 aliphatic rings. The van der Waals surface area contributed by atoms with E-state index in [2.05, 4.69) is 9.57 Å². The molecule has 1 N–H and O–H groups in total. The summed E-state index contributed by atoms with van der Waals surface area (Å²) < 4.78 is 4.55. The third-order valence-electron chi connectivity index (χ3n) is 1.61. The van der Waals surface area contributed by atoms with Crippen molar-refractivity contribution in [2.75, 3.05) is 20.8 Å². The Kier molecular flexibility index (Phi) is 5.79. The fraction of sp³-hybridized carbons (Fsp3) is 0.444. The van der Waals surface area contributed by atoms with Gasteiger partial charge >= 0.3 is 11.9 Å². The van der Waals surface area contributed by atoms with Crippen LogP contribution in [0.5, 0.6) is 0 Å². The van der Waals surface area contributed by atoms with Crippen molar-refractivity contribution in [3.63, 3.8) is 0 Å². The zero-order valence-corrected chi connectivity index (χ0v) is 9.22. The summed E-state index contributed by atoms with van der Waals surface area (Å²) >= 11 is 0. The van der Waals surface area contributed by atoms with Crippen LogP contribution in [0, 0.1) is 0 Å². The molecule has 0 aromatic rings. The van der Waals surface area contributed by atoms with E-state index in [-0.39, 0.29) is 5.57 Å². The van der Waals surface area contributed by atoms with Crippen LogP contribution in [0.1, 0.15) is 6.92 Å². The van der Waals surface area contributed by atoms with Crippen molar-refractivity contribution >= 4 is 17.8 Å². The Morgan fingerprint density at radius 2 is 1.94 bits per heavy atom. The molecule has 0 aromatic heterocycles. The zero-order chi connectivity index (χ0) is 12.7. The number of hydrogen-bond acceptors (Lipinski definition) is 5. The van der Waals surface area contributed by atoms with Gasteiger partial charge in [-0.1, -0.05) is 0 Å². The van der Waals surface area contributed by atoms with Crippen molar-refractivity contribution < 1.29 is 29.1 Å². The first-order chi connectivity index (χ1) is 7.38. The van der Waals surface area contributed by atoms with Gasteiger partial charge in [0, 0.05) is 18.7 Å². The van der Waals surface area contributed by atoms with Crippen molar-refractivity contribution in [2.45, 2.75) is 6.92 Å². The van der Waals surface area contributed by atoms with Gasteiger partial charge in [-0.3, -0.25) is 9.63 Å². The first kappa shape index (κ1) is 14.1. The third-order valence-corrected chi connectivity index (χ3v) is 1.61. The van der Waals surface area contributed by atoms with Crippen LogP contribution in [-0.4, -0.2) is 48.8 Å². The molecule has 0 fully saturated rings. The monoisotopic (exact) mass is 231 g/mol. The molecule has 0 aromatic carbocycles. The molecule has 0 spiro atoms. The van der Waals surface area contributed by atoms with Crippen molar-refractivity contribution in [2.24, 2.45) is 0 Å². The lowest BCUT2D eigenvalue weighted by atomic mass is 10.3. The first-order valence-corrected chi connectivity index (χ1v) is 4.27. The number of carboxylic acid groups (broad SMARTS) is 1. The lowest BCUT2D eigenvalue weighted by Gasteiger charge is -2.13. The predicted octanol–water partition coefficient (Wildman–Crippen LogP) is -0.420. The Balaban J connectivity index is 4.18. The van der Waals surface area contributed by atoms with Crippen molar-refractivity contribution in [1.82, 2.24) is 5.06 Å². The quantitative estimate of drug-likeness (QED) is 0.392. The van der Waals surface area contributed by atoms with Gasteiger partial charge in [0.1, 0.15) is 0 Å². The van der Waals surface area contributed by atoms with Crippen LogP contribution in [0.3, 0.4) is 0 Å². The number of carbonyl (C=O) groups is 3. The van der Waals surface area contributed by atoms with Crippen LogP contribution in [0.25, 0.3) is 0 Å². The van der Waals surface area contributed by atoms with Crippen molar-refractivity contribution in [1.29, 1.82) is 0 Å². The molecule has 1 amide bonds. The van der Waals surface area contributed by atoms with Gasteiger partial charge in [0.2, 0.25) is 0 Å². The number of carboxylic acids is 1. The van der Waals surface area contributed by atoms with Crippen molar-refractivity contribution in [3.8, 4) is 0 Å². The maximum Gasteiger partial charge on any atom is 0.334 e. The van der Waals surface area contributed by atoms with E-state index < -0.39 is 24.5 Å². The highest BCUT2D eigenvalue weighted by molar-refractivity contribution is 5.96. The van der Waals surface area contributed by atoms with Crippen LogP contribution in [0.4, 0.5) is 0 Å². The minimum Gasteiger partial charge on any atom is -0.478 e. The highest BCUT2D eigenvalue weighted by Crippen LogP contribution is 1.97. The van der Waals surface area contributed by atoms with Gasteiger partial charge in [-0.15, -0.1) is 0 Å². The van der Waals surface area contributed by atoms with Gasteiger partial charge in [-0.2, -0.15) is 0 Å². The Bertz CT molecular complexity index is 322. The van der Waals surface area contributed by atoms with E-state index in [0.717, 1.165) is 5.06 Å². The normalized spacial score (nSPS) is 10.8. The summed E-state index contributed by atoms with van der Waals surface area (Å²) in [6.45, 7) is 0.773. The topological polar surface area (TPSA) is 93.1 Å². The van der Waals surface area contributed by atoms with Gasteiger partial charge in [0.15, 0.2) is 6.61 Å². The Labute approximate surface area is 92.2 Å². The molecule has 0 unspecified atom stereocenters. The molecule has 0 rings (SSSR count). The molecule has 0 radical (unpaired) electrons. The second-order valence-corrected chi connectivity index (χ2v) is 2.82.